The van der Waals surface area contributed by atoms with Crippen LogP contribution in [0.3, 0.4) is 0 Å². The highest BCUT2D eigenvalue weighted by Gasteiger charge is 2.00. The molecule has 0 spiro atoms. The van der Waals surface area contributed by atoms with Crippen LogP contribution in [-0.2, 0) is 9.47 Å². The molecule has 0 radical (unpaired) electrons. The second kappa shape index (κ2) is 6.91. The van der Waals surface area contributed by atoms with E-state index in [2.05, 4.69) is 4.74 Å². The van der Waals surface area contributed by atoms with Gasteiger partial charge in [-0.3, -0.25) is 0 Å². The van der Waals surface area contributed by atoms with E-state index in [4.69, 9.17) is 4.74 Å². The minimum Gasteiger partial charge on any atom is -0.435 e. The molecule has 0 aliphatic heterocycles. The second-order valence-electron chi connectivity index (χ2n) is 2.69. The van der Waals surface area contributed by atoms with Gasteiger partial charge < -0.3 is 14.4 Å². The largest absolute Gasteiger partial charge is 0.508 e. The van der Waals surface area contributed by atoms with Crippen molar-refractivity contribution in [2.75, 3.05) is 33.9 Å². The molecular formula is C8H17NO3. The number of hydrogen-bond acceptors (Lipinski definition) is 4. The molecule has 0 N–H and O–H groups in total. The highest BCUT2D eigenvalue weighted by atomic mass is 16.7. The first-order chi connectivity index (χ1) is 5.66. The van der Waals surface area contributed by atoms with Crippen LogP contribution in [0.1, 0.15) is 13.3 Å². The van der Waals surface area contributed by atoms with E-state index in [0.29, 0.717) is 13.2 Å². The fourth-order valence-electron chi connectivity index (χ4n) is 0.696. The Morgan fingerprint density at radius 3 is 2.50 bits per heavy atom. The Balaban J connectivity index is 3.14. The molecule has 0 aromatic carbocycles. The molecule has 0 unspecified atom stereocenters. The Kier molecular flexibility index (Phi) is 6.47. The standard InChI is InChI=1S/C8H17NO3/c1-4-11-8(10)12-7-5-6-9(2)3/h4-7H2,1-3H3. The lowest BCUT2D eigenvalue weighted by atomic mass is 10.4. The Bertz CT molecular complexity index is 125. The molecule has 0 atom stereocenters. The van der Waals surface area contributed by atoms with Crippen LogP contribution in [0, 0.1) is 0 Å². The SMILES string of the molecule is CCOC(=O)OCCCN(C)C. The maximum Gasteiger partial charge on any atom is 0.508 e. The number of carbonyl (C=O) groups is 1. The molecule has 0 aromatic rings. The summed E-state index contributed by atoms with van der Waals surface area (Å²) in [5.74, 6) is 0. The summed E-state index contributed by atoms with van der Waals surface area (Å²) in [7, 11) is 3.95. The fourth-order valence-corrected chi connectivity index (χ4v) is 0.696. The molecule has 0 amide bonds. The Hall–Kier alpha value is -0.770. The van der Waals surface area contributed by atoms with Crippen LogP contribution in [0.2, 0.25) is 0 Å². The Morgan fingerprint density at radius 2 is 2.00 bits per heavy atom. The van der Waals surface area contributed by atoms with E-state index in [1.165, 1.54) is 0 Å². The number of rotatable bonds is 5. The first-order valence-corrected chi connectivity index (χ1v) is 4.11. The minimum absolute atomic E-state index is 0.368. The smallest absolute Gasteiger partial charge is 0.435 e. The first-order valence-electron chi connectivity index (χ1n) is 4.11. The van der Waals surface area contributed by atoms with Crippen molar-refractivity contribution in [3.05, 3.63) is 0 Å². The van der Waals surface area contributed by atoms with Crippen molar-refractivity contribution in [1.82, 2.24) is 4.90 Å². The third-order valence-electron chi connectivity index (χ3n) is 1.23. The summed E-state index contributed by atoms with van der Waals surface area (Å²) < 4.78 is 9.32. The van der Waals surface area contributed by atoms with E-state index in [9.17, 15) is 4.79 Å². The van der Waals surface area contributed by atoms with E-state index >= 15 is 0 Å². The number of ether oxygens (including phenoxy) is 2. The van der Waals surface area contributed by atoms with Gasteiger partial charge in [-0.1, -0.05) is 0 Å². The molecule has 0 aliphatic carbocycles. The Morgan fingerprint density at radius 1 is 1.33 bits per heavy atom. The van der Waals surface area contributed by atoms with Crippen LogP contribution >= 0.6 is 0 Å². The van der Waals surface area contributed by atoms with Gasteiger partial charge >= 0.3 is 6.16 Å². The van der Waals surface area contributed by atoms with Gasteiger partial charge in [0.05, 0.1) is 13.2 Å². The molecule has 0 bridgehead atoms. The van der Waals surface area contributed by atoms with Crippen LogP contribution < -0.4 is 0 Å². The molecule has 4 nitrogen and oxygen atoms in total. The number of hydrogen-bond donors (Lipinski definition) is 0. The second-order valence-corrected chi connectivity index (χ2v) is 2.69. The van der Waals surface area contributed by atoms with E-state index < -0.39 is 6.16 Å². The highest BCUT2D eigenvalue weighted by Crippen LogP contribution is 1.89. The molecule has 0 saturated carbocycles. The fraction of sp³-hybridized carbons (Fsp3) is 0.875. The van der Waals surface area contributed by atoms with Crippen LogP contribution in [0.5, 0.6) is 0 Å². The third-order valence-corrected chi connectivity index (χ3v) is 1.23. The molecular weight excluding hydrogens is 158 g/mol. The Labute approximate surface area is 73.4 Å². The summed E-state index contributed by atoms with van der Waals surface area (Å²) in [5, 5.41) is 0. The zero-order chi connectivity index (χ0) is 9.40. The average molecular weight is 175 g/mol. The van der Waals surface area contributed by atoms with Crippen molar-refractivity contribution < 1.29 is 14.3 Å². The van der Waals surface area contributed by atoms with Crippen molar-refractivity contribution >= 4 is 6.16 Å². The van der Waals surface area contributed by atoms with Gasteiger partial charge in [0.1, 0.15) is 0 Å². The summed E-state index contributed by atoms with van der Waals surface area (Å²) in [6.07, 6.45) is 0.266. The van der Waals surface area contributed by atoms with Gasteiger partial charge in [0, 0.05) is 6.54 Å². The number of nitrogens with zero attached hydrogens (tertiary/aromatic N) is 1. The monoisotopic (exact) mass is 175 g/mol. The van der Waals surface area contributed by atoms with E-state index in [-0.39, 0.29) is 0 Å². The van der Waals surface area contributed by atoms with Gasteiger partial charge in [-0.15, -0.1) is 0 Å². The summed E-state index contributed by atoms with van der Waals surface area (Å²) in [6, 6.07) is 0. The normalized spacial score (nSPS) is 10.0. The van der Waals surface area contributed by atoms with E-state index in [0.717, 1.165) is 13.0 Å². The molecule has 0 rings (SSSR count). The van der Waals surface area contributed by atoms with E-state index in [1.54, 1.807) is 6.92 Å². The molecule has 12 heavy (non-hydrogen) atoms. The zero-order valence-corrected chi connectivity index (χ0v) is 8.00. The zero-order valence-electron chi connectivity index (χ0n) is 8.00. The summed E-state index contributed by atoms with van der Waals surface area (Å²) >= 11 is 0. The van der Waals surface area contributed by atoms with Gasteiger partial charge in [-0.05, 0) is 27.4 Å². The molecule has 72 valence electrons. The lowest BCUT2D eigenvalue weighted by Gasteiger charge is -2.08. The third kappa shape index (κ3) is 7.34. The van der Waals surface area contributed by atoms with Crippen molar-refractivity contribution in [3.8, 4) is 0 Å². The van der Waals surface area contributed by atoms with E-state index in [1.807, 2.05) is 19.0 Å². The van der Waals surface area contributed by atoms with Crippen molar-refractivity contribution in [3.63, 3.8) is 0 Å². The van der Waals surface area contributed by atoms with Crippen molar-refractivity contribution in [2.45, 2.75) is 13.3 Å². The van der Waals surface area contributed by atoms with Crippen molar-refractivity contribution in [2.24, 2.45) is 0 Å². The highest BCUT2D eigenvalue weighted by molar-refractivity contribution is 5.59. The maximum absolute atomic E-state index is 10.6. The molecule has 0 aliphatic rings. The van der Waals surface area contributed by atoms with Crippen LogP contribution in [0.15, 0.2) is 0 Å². The molecule has 0 heterocycles. The summed E-state index contributed by atoms with van der Waals surface area (Å²) in [5.41, 5.74) is 0. The summed E-state index contributed by atoms with van der Waals surface area (Å²) in [4.78, 5) is 12.7. The van der Waals surface area contributed by atoms with Gasteiger partial charge in [0.2, 0.25) is 0 Å². The molecule has 0 aromatic heterocycles. The summed E-state index contributed by atoms with van der Waals surface area (Å²) in [6.45, 7) is 3.46. The quantitative estimate of drug-likeness (QED) is 0.463. The molecule has 0 fully saturated rings. The maximum atomic E-state index is 10.6. The predicted octanol–water partition coefficient (Wildman–Crippen LogP) is 1.11. The van der Waals surface area contributed by atoms with Crippen LogP contribution in [0.4, 0.5) is 4.79 Å². The topological polar surface area (TPSA) is 38.8 Å². The van der Waals surface area contributed by atoms with Crippen LogP contribution in [0.25, 0.3) is 0 Å². The van der Waals surface area contributed by atoms with Gasteiger partial charge in [-0.25, -0.2) is 4.79 Å². The van der Waals surface area contributed by atoms with Crippen molar-refractivity contribution in [1.29, 1.82) is 0 Å². The van der Waals surface area contributed by atoms with Crippen LogP contribution in [-0.4, -0.2) is 44.9 Å². The number of carbonyl (C=O) groups excluding carboxylic acids is 1. The molecule has 4 heteroatoms. The predicted molar refractivity (Wildman–Crippen MR) is 46.1 cm³/mol. The lowest BCUT2D eigenvalue weighted by molar-refractivity contribution is 0.0570. The molecule has 0 saturated heterocycles. The van der Waals surface area contributed by atoms with Gasteiger partial charge in [-0.2, -0.15) is 0 Å². The minimum atomic E-state index is -0.573. The average Bonchev–Trinajstić information content (AvgIpc) is 1.98. The van der Waals surface area contributed by atoms with Gasteiger partial charge in [0.15, 0.2) is 0 Å². The first kappa shape index (κ1) is 11.2. The lowest BCUT2D eigenvalue weighted by Crippen LogP contribution is -2.16. The van der Waals surface area contributed by atoms with Gasteiger partial charge in [0.25, 0.3) is 0 Å².